The van der Waals surface area contributed by atoms with E-state index < -0.39 is 0 Å². The normalized spacial score (nSPS) is 18.6. The lowest BCUT2D eigenvalue weighted by Gasteiger charge is -2.20. The Kier molecular flexibility index (Phi) is 2.47. The topological polar surface area (TPSA) is 77.0 Å². The Bertz CT molecular complexity index is 591. The fourth-order valence-electron chi connectivity index (χ4n) is 2.38. The first-order chi connectivity index (χ1) is 8.65. The standard InChI is InChI=1S/C13H16N4O/c1-8-4-5-17-12(6-8)15-16-13(17)9-2-3-10(14)11(18)7-9/h2-3,7-8,18H,4-6,14H2,1H3. The van der Waals surface area contributed by atoms with Gasteiger partial charge in [-0.3, -0.25) is 0 Å². The van der Waals surface area contributed by atoms with E-state index in [0.29, 0.717) is 11.6 Å². The van der Waals surface area contributed by atoms with Crippen LogP contribution in [0.3, 0.4) is 0 Å². The maximum absolute atomic E-state index is 9.66. The van der Waals surface area contributed by atoms with Crippen molar-refractivity contribution in [2.45, 2.75) is 26.3 Å². The number of nitrogen functional groups attached to an aromatic ring is 1. The van der Waals surface area contributed by atoms with Crippen molar-refractivity contribution in [1.29, 1.82) is 0 Å². The van der Waals surface area contributed by atoms with Crippen LogP contribution in [0.1, 0.15) is 19.2 Å². The van der Waals surface area contributed by atoms with E-state index in [4.69, 9.17) is 5.73 Å². The summed E-state index contributed by atoms with van der Waals surface area (Å²) in [6, 6.07) is 5.20. The van der Waals surface area contributed by atoms with Crippen LogP contribution in [0.25, 0.3) is 11.4 Å². The van der Waals surface area contributed by atoms with Gasteiger partial charge in [-0.25, -0.2) is 0 Å². The molecule has 0 fully saturated rings. The summed E-state index contributed by atoms with van der Waals surface area (Å²) in [4.78, 5) is 0. The molecule has 1 aromatic heterocycles. The first-order valence-electron chi connectivity index (χ1n) is 6.16. The third-order valence-electron chi connectivity index (χ3n) is 3.49. The highest BCUT2D eigenvalue weighted by Crippen LogP contribution is 2.29. The number of phenols is 1. The van der Waals surface area contributed by atoms with Crippen molar-refractivity contribution in [2.75, 3.05) is 5.73 Å². The van der Waals surface area contributed by atoms with Crippen molar-refractivity contribution in [3.8, 4) is 17.1 Å². The van der Waals surface area contributed by atoms with Gasteiger partial charge < -0.3 is 15.4 Å². The summed E-state index contributed by atoms with van der Waals surface area (Å²) < 4.78 is 2.13. The molecule has 1 unspecified atom stereocenters. The van der Waals surface area contributed by atoms with Gasteiger partial charge in [0.05, 0.1) is 5.69 Å². The second kappa shape index (κ2) is 4.01. The third kappa shape index (κ3) is 1.72. The predicted molar refractivity (Wildman–Crippen MR) is 69.0 cm³/mol. The number of anilines is 1. The predicted octanol–water partition coefficient (Wildman–Crippen LogP) is 1.82. The van der Waals surface area contributed by atoms with E-state index in [1.165, 1.54) is 0 Å². The molecule has 2 aromatic rings. The van der Waals surface area contributed by atoms with E-state index in [9.17, 15) is 5.11 Å². The summed E-state index contributed by atoms with van der Waals surface area (Å²) in [6.45, 7) is 3.16. The third-order valence-corrected chi connectivity index (χ3v) is 3.49. The highest BCUT2D eigenvalue weighted by Gasteiger charge is 2.21. The van der Waals surface area contributed by atoms with Crippen LogP contribution in [0.4, 0.5) is 5.69 Å². The van der Waals surface area contributed by atoms with Crippen molar-refractivity contribution in [3.05, 3.63) is 24.0 Å². The number of rotatable bonds is 1. The lowest BCUT2D eigenvalue weighted by molar-refractivity contribution is 0.411. The lowest BCUT2D eigenvalue weighted by atomic mass is 10.00. The SMILES string of the molecule is CC1CCn2c(nnc2-c2ccc(N)c(O)c2)C1. The maximum Gasteiger partial charge on any atom is 0.164 e. The molecular formula is C13H16N4O. The molecular weight excluding hydrogens is 228 g/mol. The zero-order chi connectivity index (χ0) is 12.7. The van der Waals surface area contributed by atoms with E-state index in [1.807, 2.05) is 6.07 Å². The van der Waals surface area contributed by atoms with Gasteiger partial charge in [0, 0.05) is 18.5 Å². The number of fused-ring (bicyclic) bond motifs is 1. The number of hydrogen-bond donors (Lipinski definition) is 2. The second-order valence-corrected chi connectivity index (χ2v) is 4.96. The zero-order valence-electron chi connectivity index (χ0n) is 10.3. The van der Waals surface area contributed by atoms with Gasteiger partial charge in [0.1, 0.15) is 11.6 Å². The Morgan fingerprint density at radius 2 is 2.22 bits per heavy atom. The maximum atomic E-state index is 9.66. The van der Waals surface area contributed by atoms with Crippen LogP contribution in [-0.4, -0.2) is 19.9 Å². The highest BCUT2D eigenvalue weighted by molar-refractivity contribution is 5.65. The Balaban J connectivity index is 2.05. The molecule has 1 aliphatic heterocycles. The molecule has 0 radical (unpaired) electrons. The second-order valence-electron chi connectivity index (χ2n) is 4.96. The molecule has 2 heterocycles. The van der Waals surface area contributed by atoms with Gasteiger partial charge in [0.25, 0.3) is 0 Å². The van der Waals surface area contributed by atoms with E-state index in [-0.39, 0.29) is 5.75 Å². The number of phenolic OH excluding ortho intramolecular Hbond substituents is 1. The molecule has 5 heteroatoms. The monoisotopic (exact) mass is 244 g/mol. The van der Waals surface area contributed by atoms with E-state index in [0.717, 1.165) is 36.6 Å². The summed E-state index contributed by atoms with van der Waals surface area (Å²) in [6.07, 6.45) is 2.10. The van der Waals surface area contributed by atoms with Gasteiger partial charge in [-0.1, -0.05) is 6.92 Å². The summed E-state index contributed by atoms with van der Waals surface area (Å²) in [5.41, 5.74) is 6.84. The summed E-state index contributed by atoms with van der Waals surface area (Å²) in [7, 11) is 0. The molecule has 0 saturated heterocycles. The Labute approximate surface area is 105 Å². The number of nitrogens with zero attached hydrogens (tertiary/aromatic N) is 3. The van der Waals surface area contributed by atoms with Crippen LogP contribution in [0, 0.1) is 5.92 Å². The van der Waals surface area contributed by atoms with Crippen molar-refractivity contribution in [2.24, 2.45) is 5.92 Å². The molecule has 1 atom stereocenters. The van der Waals surface area contributed by atoms with Gasteiger partial charge in [0.2, 0.25) is 0 Å². The Morgan fingerprint density at radius 3 is 3.00 bits per heavy atom. The molecule has 18 heavy (non-hydrogen) atoms. The van der Waals surface area contributed by atoms with E-state index in [2.05, 4.69) is 21.7 Å². The van der Waals surface area contributed by atoms with Crippen molar-refractivity contribution >= 4 is 5.69 Å². The molecule has 1 aromatic carbocycles. The van der Waals surface area contributed by atoms with Crippen molar-refractivity contribution < 1.29 is 5.11 Å². The van der Waals surface area contributed by atoms with Crippen molar-refractivity contribution in [3.63, 3.8) is 0 Å². The Morgan fingerprint density at radius 1 is 1.39 bits per heavy atom. The quantitative estimate of drug-likeness (QED) is 0.592. The molecule has 0 spiro atoms. The van der Waals surface area contributed by atoms with Crippen LogP contribution in [0.2, 0.25) is 0 Å². The first kappa shape index (κ1) is 11.1. The number of aromatic nitrogens is 3. The Hall–Kier alpha value is -2.04. The molecule has 3 rings (SSSR count). The minimum Gasteiger partial charge on any atom is -0.506 e. The van der Waals surface area contributed by atoms with E-state index in [1.54, 1.807) is 12.1 Å². The van der Waals surface area contributed by atoms with Crippen LogP contribution >= 0.6 is 0 Å². The molecule has 1 aliphatic rings. The molecule has 0 saturated carbocycles. The van der Waals surface area contributed by atoms with Gasteiger partial charge in [-0.2, -0.15) is 0 Å². The number of aromatic hydroxyl groups is 1. The van der Waals surface area contributed by atoms with Crippen molar-refractivity contribution in [1.82, 2.24) is 14.8 Å². The fraction of sp³-hybridized carbons (Fsp3) is 0.385. The molecule has 0 aliphatic carbocycles. The number of benzene rings is 1. The molecule has 3 N–H and O–H groups in total. The average molecular weight is 244 g/mol. The largest absolute Gasteiger partial charge is 0.506 e. The van der Waals surface area contributed by atoms with E-state index >= 15 is 0 Å². The lowest BCUT2D eigenvalue weighted by Crippen LogP contribution is -2.17. The first-order valence-corrected chi connectivity index (χ1v) is 6.16. The van der Waals surface area contributed by atoms with Crippen LogP contribution in [0.15, 0.2) is 18.2 Å². The molecule has 5 nitrogen and oxygen atoms in total. The zero-order valence-corrected chi connectivity index (χ0v) is 10.3. The minimum atomic E-state index is 0.0917. The summed E-state index contributed by atoms with van der Waals surface area (Å²) in [5.74, 6) is 2.59. The fourth-order valence-corrected chi connectivity index (χ4v) is 2.38. The summed E-state index contributed by atoms with van der Waals surface area (Å²) >= 11 is 0. The number of hydrogen-bond acceptors (Lipinski definition) is 4. The highest BCUT2D eigenvalue weighted by atomic mass is 16.3. The van der Waals surface area contributed by atoms with Gasteiger partial charge >= 0.3 is 0 Å². The van der Waals surface area contributed by atoms with Gasteiger partial charge in [-0.05, 0) is 30.5 Å². The molecule has 0 amide bonds. The van der Waals surface area contributed by atoms with Crippen LogP contribution < -0.4 is 5.73 Å². The van der Waals surface area contributed by atoms with Crippen LogP contribution in [0.5, 0.6) is 5.75 Å². The summed E-state index contributed by atoms with van der Waals surface area (Å²) in [5, 5.41) is 18.1. The smallest absolute Gasteiger partial charge is 0.164 e. The van der Waals surface area contributed by atoms with Gasteiger partial charge in [-0.15, -0.1) is 10.2 Å². The molecule has 0 bridgehead atoms. The number of nitrogens with two attached hydrogens (primary N) is 1. The van der Waals surface area contributed by atoms with Crippen LogP contribution in [-0.2, 0) is 13.0 Å². The molecule has 94 valence electrons. The minimum absolute atomic E-state index is 0.0917. The van der Waals surface area contributed by atoms with Gasteiger partial charge in [0.15, 0.2) is 5.82 Å². The average Bonchev–Trinajstić information content (AvgIpc) is 2.75.